The van der Waals surface area contributed by atoms with Crippen molar-refractivity contribution >= 4 is 29.3 Å². The van der Waals surface area contributed by atoms with Gasteiger partial charge < -0.3 is 4.74 Å². The van der Waals surface area contributed by atoms with Crippen LogP contribution >= 0.6 is 23.4 Å². The fourth-order valence-corrected chi connectivity index (χ4v) is 2.65. The number of hydrogen-bond donors (Lipinski definition) is 0. The van der Waals surface area contributed by atoms with E-state index in [1.54, 1.807) is 13.0 Å². The quantitative estimate of drug-likeness (QED) is 0.641. The minimum atomic E-state index is -0.454. The number of nitrogens with zero attached hydrogens (tertiary/aromatic N) is 2. The highest BCUT2D eigenvalue weighted by molar-refractivity contribution is 7.99. The van der Waals surface area contributed by atoms with Crippen molar-refractivity contribution in [3.63, 3.8) is 0 Å². The Morgan fingerprint density at radius 1 is 1.42 bits per heavy atom. The van der Waals surface area contributed by atoms with Crippen LogP contribution in [0.25, 0.3) is 0 Å². The highest BCUT2D eigenvalue weighted by Gasteiger charge is 2.15. The van der Waals surface area contributed by atoms with E-state index in [-0.39, 0.29) is 0 Å². The molecule has 0 bridgehead atoms. The lowest BCUT2D eigenvalue weighted by molar-refractivity contribution is 0.0595. The zero-order chi connectivity index (χ0) is 13.8. The van der Waals surface area contributed by atoms with Gasteiger partial charge in [-0.2, -0.15) is 0 Å². The van der Waals surface area contributed by atoms with Crippen molar-refractivity contribution in [1.82, 2.24) is 9.97 Å². The molecule has 0 unspecified atom stereocenters. The van der Waals surface area contributed by atoms with Crippen molar-refractivity contribution in [2.24, 2.45) is 0 Å². The predicted molar refractivity (Wildman–Crippen MR) is 73.7 cm³/mol. The summed E-state index contributed by atoms with van der Waals surface area (Å²) in [4.78, 5) is 20.9. The normalized spacial score (nSPS) is 10.3. The average molecular weight is 295 g/mol. The summed E-state index contributed by atoms with van der Waals surface area (Å²) in [6.45, 7) is 1.77. The fourth-order valence-electron chi connectivity index (χ4n) is 1.42. The van der Waals surface area contributed by atoms with Gasteiger partial charge in [-0.3, -0.25) is 0 Å². The third-order valence-corrected chi connectivity index (χ3v) is 3.52. The van der Waals surface area contributed by atoms with Gasteiger partial charge in [0.1, 0.15) is 16.4 Å². The number of carbonyl (C=O) groups is 1. The first-order valence-electron chi connectivity index (χ1n) is 5.45. The molecule has 1 aromatic heterocycles. The van der Waals surface area contributed by atoms with E-state index in [1.807, 2.05) is 18.2 Å². The molecule has 0 saturated carbocycles. The molecule has 2 aromatic rings. The predicted octanol–water partition coefficient (Wildman–Crippen LogP) is 3.38. The standard InChI is InChI=1S/C13H11ClN2O2S/c1-8-15-7-11(13(17)18-2)12(16-8)19-10-5-3-4-9(14)6-10/h3-7H,1-2H3. The van der Waals surface area contributed by atoms with Crippen molar-refractivity contribution in [1.29, 1.82) is 0 Å². The van der Waals surface area contributed by atoms with Crippen LogP contribution in [0.3, 0.4) is 0 Å². The van der Waals surface area contributed by atoms with Crippen molar-refractivity contribution in [3.8, 4) is 0 Å². The molecule has 0 N–H and O–H groups in total. The van der Waals surface area contributed by atoms with E-state index >= 15 is 0 Å². The van der Waals surface area contributed by atoms with Gasteiger partial charge in [-0.15, -0.1) is 0 Å². The highest BCUT2D eigenvalue weighted by Crippen LogP contribution is 2.30. The molecule has 0 radical (unpaired) electrons. The van der Waals surface area contributed by atoms with Gasteiger partial charge in [0.25, 0.3) is 0 Å². The maximum absolute atomic E-state index is 11.7. The van der Waals surface area contributed by atoms with Crippen LogP contribution in [0.4, 0.5) is 0 Å². The summed E-state index contributed by atoms with van der Waals surface area (Å²) < 4.78 is 4.72. The number of methoxy groups -OCH3 is 1. The Labute approximate surface area is 120 Å². The molecule has 0 amide bonds. The van der Waals surface area contributed by atoms with Gasteiger partial charge in [0.05, 0.1) is 7.11 Å². The van der Waals surface area contributed by atoms with Gasteiger partial charge in [0.15, 0.2) is 0 Å². The van der Waals surface area contributed by atoms with Crippen LogP contribution in [0.2, 0.25) is 5.02 Å². The summed E-state index contributed by atoms with van der Waals surface area (Å²) in [7, 11) is 1.33. The van der Waals surface area contributed by atoms with E-state index in [9.17, 15) is 4.79 Å². The smallest absolute Gasteiger partial charge is 0.342 e. The van der Waals surface area contributed by atoms with E-state index < -0.39 is 5.97 Å². The number of carbonyl (C=O) groups excluding carboxylic acids is 1. The molecule has 1 aromatic carbocycles. The minimum Gasteiger partial charge on any atom is -0.465 e. The monoisotopic (exact) mass is 294 g/mol. The Morgan fingerprint density at radius 3 is 2.89 bits per heavy atom. The molecule has 1 heterocycles. The summed E-state index contributed by atoms with van der Waals surface area (Å²) in [5.41, 5.74) is 0.345. The second-order valence-electron chi connectivity index (χ2n) is 3.69. The van der Waals surface area contributed by atoms with Crippen molar-refractivity contribution in [3.05, 3.63) is 46.9 Å². The van der Waals surface area contributed by atoms with Crippen LogP contribution < -0.4 is 0 Å². The third kappa shape index (κ3) is 3.45. The maximum atomic E-state index is 11.7. The minimum absolute atomic E-state index is 0.345. The molecule has 0 aliphatic carbocycles. The van der Waals surface area contributed by atoms with Crippen molar-refractivity contribution in [2.45, 2.75) is 16.8 Å². The van der Waals surface area contributed by atoms with Gasteiger partial charge >= 0.3 is 5.97 Å². The summed E-state index contributed by atoms with van der Waals surface area (Å²) in [5.74, 6) is 0.140. The molecule has 0 aliphatic rings. The van der Waals surface area contributed by atoms with E-state index in [2.05, 4.69) is 9.97 Å². The van der Waals surface area contributed by atoms with Gasteiger partial charge in [0.2, 0.25) is 0 Å². The largest absolute Gasteiger partial charge is 0.465 e. The first-order chi connectivity index (χ1) is 9.10. The van der Waals surface area contributed by atoms with Crippen LogP contribution in [-0.2, 0) is 4.74 Å². The second-order valence-corrected chi connectivity index (χ2v) is 5.19. The molecule has 2 rings (SSSR count). The lowest BCUT2D eigenvalue weighted by Crippen LogP contribution is -2.06. The lowest BCUT2D eigenvalue weighted by atomic mass is 10.3. The summed E-state index contributed by atoms with van der Waals surface area (Å²) in [6.07, 6.45) is 1.47. The number of hydrogen-bond acceptors (Lipinski definition) is 5. The number of rotatable bonds is 3. The van der Waals surface area contributed by atoms with E-state index in [1.165, 1.54) is 25.1 Å². The molecular formula is C13H11ClN2O2S. The molecular weight excluding hydrogens is 284 g/mol. The SMILES string of the molecule is COC(=O)c1cnc(C)nc1Sc1cccc(Cl)c1. The molecule has 0 aliphatic heterocycles. The van der Waals surface area contributed by atoms with Crippen LogP contribution in [-0.4, -0.2) is 23.0 Å². The van der Waals surface area contributed by atoms with Crippen LogP contribution in [0.15, 0.2) is 40.4 Å². The first-order valence-corrected chi connectivity index (χ1v) is 6.65. The number of esters is 1. The molecule has 4 nitrogen and oxygen atoms in total. The van der Waals surface area contributed by atoms with Gasteiger partial charge in [-0.1, -0.05) is 29.4 Å². The zero-order valence-electron chi connectivity index (χ0n) is 10.4. The van der Waals surface area contributed by atoms with Crippen LogP contribution in [0.1, 0.15) is 16.2 Å². The Bertz CT molecular complexity index is 619. The Hall–Kier alpha value is -1.59. The lowest BCUT2D eigenvalue weighted by Gasteiger charge is -2.07. The molecule has 0 atom stereocenters. The zero-order valence-corrected chi connectivity index (χ0v) is 12.0. The van der Waals surface area contributed by atoms with Crippen LogP contribution in [0.5, 0.6) is 0 Å². The summed E-state index contributed by atoms with van der Waals surface area (Å²) >= 11 is 7.28. The number of halogens is 1. The molecule has 0 fully saturated rings. The summed E-state index contributed by atoms with van der Waals surface area (Å²) in [5, 5.41) is 1.19. The molecule has 19 heavy (non-hydrogen) atoms. The van der Waals surface area contributed by atoms with E-state index in [0.717, 1.165) is 4.90 Å². The van der Waals surface area contributed by atoms with Crippen LogP contribution in [0, 0.1) is 6.92 Å². The number of benzene rings is 1. The van der Waals surface area contributed by atoms with E-state index in [4.69, 9.17) is 16.3 Å². The molecule has 6 heteroatoms. The molecule has 0 spiro atoms. The number of aryl methyl sites for hydroxylation is 1. The van der Waals surface area contributed by atoms with E-state index in [0.29, 0.717) is 21.4 Å². The van der Waals surface area contributed by atoms with Crippen molar-refractivity contribution < 1.29 is 9.53 Å². The number of ether oxygens (including phenoxy) is 1. The fraction of sp³-hybridized carbons (Fsp3) is 0.154. The molecule has 98 valence electrons. The van der Waals surface area contributed by atoms with Crippen molar-refractivity contribution in [2.75, 3.05) is 7.11 Å². The Morgan fingerprint density at radius 2 is 2.21 bits per heavy atom. The molecule has 0 saturated heterocycles. The van der Waals surface area contributed by atoms with Gasteiger partial charge in [-0.05, 0) is 25.1 Å². The average Bonchev–Trinajstić information content (AvgIpc) is 2.38. The Kier molecular flexibility index (Phi) is 4.39. The Balaban J connectivity index is 2.38. The van der Waals surface area contributed by atoms with Gasteiger partial charge in [0, 0.05) is 16.1 Å². The van der Waals surface area contributed by atoms with Gasteiger partial charge in [-0.25, -0.2) is 14.8 Å². The third-order valence-electron chi connectivity index (χ3n) is 2.29. The first kappa shape index (κ1) is 13.8. The summed E-state index contributed by atoms with van der Waals surface area (Å²) in [6, 6.07) is 7.34. The topological polar surface area (TPSA) is 52.1 Å². The highest BCUT2D eigenvalue weighted by atomic mass is 35.5. The maximum Gasteiger partial charge on any atom is 0.342 e. The second kappa shape index (κ2) is 6.04. The number of aromatic nitrogens is 2.